The molecule has 0 saturated carbocycles. The summed E-state index contributed by atoms with van der Waals surface area (Å²) in [5, 5.41) is 6.13. The van der Waals surface area contributed by atoms with E-state index in [9.17, 15) is 4.79 Å². The molecule has 1 aromatic carbocycles. The van der Waals surface area contributed by atoms with Gasteiger partial charge in [0.25, 0.3) is 0 Å². The minimum Gasteiger partial charge on any atom is -0.380 e. The third-order valence-corrected chi connectivity index (χ3v) is 3.84. The van der Waals surface area contributed by atoms with Crippen LogP contribution >= 0.6 is 24.2 Å². The van der Waals surface area contributed by atoms with E-state index in [2.05, 4.69) is 10.6 Å². The van der Waals surface area contributed by atoms with Gasteiger partial charge in [0, 0.05) is 25.3 Å². The number of rotatable bonds is 5. The number of hydrogen-bond donors (Lipinski definition) is 2. The fraction of sp³-hybridized carbons (Fsp3) is 0.462. The molecule has 1 amide bonds. The van der Waals surface area contributed by atoms with E-state index in [1.54, 1.807) is 18.9 Å². The lowest BCUT2D eigenvalue weighted by atomic mass is 10.1. The first kappa shape index (κ1) is 16.3. The minimum atomic E-state index is -0.0513. The summed E-state index contributed by atoms with van der Waals surface area (Å²) in [6, 6.07) is 7.95. The molecule has 0 aromatic heterocycles. The zero-order valence-electron chi connectivity index (χ0n) is 10.8. The second-order valence-electron chi connectivity index (χ2n) is 4.19. The van der Waals surface area contributed by atoms with E-state index in [-0.39, 0.29) is 24.4 Å². The lowest BCUT2D eigenvalue weighted by molar-refractivity contribution is -0.122. The fourth-order valence-corrected chi connectivity index (χ4v) is 2.84. The molecule has 0 spiro atoms. The standard InChI is InChI=1S/C13H18N2O2S.ClH/c1-17-7-11-5-3-2-4-10(11)6-14-13(16)12-8-18-9-15-12;/h2-5,12,15H,6-9H2,1H3,(H,14,16);1H. The van der Waals surface area contributed by atoms with Gasteiger partial charge in [-0.1, -0.05) is 24.3 Å². The summed E-state index contributed by atoms with van der Waals surface area (Å²) in [5.74, 6) is 1.79. The maximum atomic E-state index is 11.9. The zero-order valence-corrected chi connectivity index (χ0v) is 12.5. The van der Waals surface area contributed by atoms with Crippen LogP contribution in [0.3, 0.4) is 0 Å². The predicted octanol–water partition coefficient (Wildman–Crippen LogP) is 1.53. The fourth-order valence-electron chi connectivity index (χ4n) is 1.90. The van der Waals surface area contributed by atoms with Crippen molar-refractivity contribution in [3.63, 3.8) is 0 Å². The maximum absolute atomic E-state index is 11.9. The third kappa shape index (κ3) is 4.69. The molecule has 1 aromatic rings. The van der Waals surface area contributed by atoms with E-state index in [0.29, 0.717) is 13.2 Å². The number of carbonyl (C=O) groups is 1. The molecule has 2 N–H and O–H groups in total. The van der Waals surface area contributed by atoms with Crippen LogP contribution in [-0.2, 0) is 22.7 Å². The second-order valence-corrected chi connectivity index (χ2v) is 5.22. The molecule has 6 heteroatoms. The number of ether oxygens (including phenoxy) is 1. The van der Waals surface area contributed by atoms with Crippen LogP contribution in [0, 0.1) is 0 Å². The topological polar surface area (TPSA) is 50.4 Å². The van der Waals surface area contributed by atoms with E-state index < -0.39 is 0 Å². The van der Waals surface area contributed by atoms with Crippen LogP contribution in [0.1, 0.15) is 11.1 Å². The first-order valence-electron chi connectivity index (χ1n) is 5.96. The monoisotopic (exact) mass is 302 g/mol. The molecule has 1 saturated heterocycles. The van der Waals surface area contributed by atoms with Gasteiger partial charge in [-0.3, -0.25) is 10.1 Å². The number of amides is 1. The molecule has 1 unspecified atom stereocenters. The van der Waals surface area contributed by atoms with E-state index in [1.807, 2.05) is 24.3 Å². The summed E-state index contributed by atoms with van der Waals surface area (Å²) in [6.07, 6.45) is 0. The normalized spacial score (nSPS) is 17.8. The molecular formula is C13H19ClN2O2S. The van der Waals surface area contributed by atoms with Crippen LogP contribution < -0.4 is 10.6 Å². The Bertz CT molecular complexity index is 411. The number of methoxy groups -OCH3 is 1. The van der Waals surface area contributed by atoms with Crippen LogP contribution in [0.5, 0.6) is 0 Å². The van der Waals surface area contributed by atoms with Crippen molar-refractivity contribution < 1.29 is 9.53 Å². The smallest absolute Gasteiger partial charge is 0.238 e. The van der Waals surface area contributed by atoms with Gasteiger partial charge in [-0.05, 0) is 11.1 Å². The largest absolute Gasteiger partial charge is 0.380 e. The molecule has 106 valence electrons. The molecule has 1 fully saturated rings. The number of benzene rings is 1. The molecule has 0 aliphatic carbocycles. The van der Waals surface area contributed by atoms with Gasteiger partial charge in [-0.2, -0.15) is 0 Å². The first-order chi connectivity index (χ1) is 8.81. The lowest BCUT2D eigenvalue weighted by Crippen LogP contribution is -2.41. The third-order valence-electron chi connectivity index (χ3n) is 2.90. The van der Waals surface area contributed by atoms with Gasteiger partial charge in [-0.15, -0.1) is 24.2 Å². The highest BCUT2D eigenvalue weighted by atomic mass is 35.5. The number of thioether (sulfide) groups is 1. The zero-order chi connectivity index (χ0) is 12.8. The quantitative estimate of drug-likeness (QED) is 0.866. The van der Waals surface area contributed by atoms with E-state index in [4.69, 9.17) is 4.74 Å². The Morgan fingerprint density at radius 3 is 2.84 bits per heavy atom. The molecular weight excluding hydrogens is 284 g/mol. The highest BCUT2D eigenvalue weighted by Gasteiger charge is 2.21. The highest BCUT2D eigenvalue weighted by Crippen LogP contribution is 2.11. The Morgan fingerprint density at radius 1 is 1.47 bits per heavy atom. The molecule has 2 rings (SSSR count). The Kier molecular flexibility index (Phi) is 7.23. The second kappa shape index (κ2) is 8.43. The number of nitrogens with one attached hydrogen (secondary N) is 2. The van der Waals surface area contributed by atoms with Crippen LogP contribution in [0.4, 0.5) is 0 Å². The van der Waals surface area contributed by atoms with Gasteiger partial charge in [-0.25, -0.2) is 0 Å². The Labute approximate surface area is 124 Å². The van der Waals surface area contributed by atoms with Crippen LogP contribution in [0.2, 0.25) is 0 Å². The summed E-state index contributed by atoms with van der Waals surface area (Å²) in [6.45, 7) is 1.13. The van der Waals surface area contributed by atoms with Crippen molar-refractivity contribution in [1.82, 2.24) is 10.6 Å². The Morgan fingerprint density at radius 2 is 2.21 bits per heavy atom. The lowest BCUT2D eigenvalue weighted by Gasteiger charge is -2.13. The van der Waals surface area contributed by atoms with E-state index in [1.165, 1.54) is 0 Å². The van der Waals surface area contributed by atoms with Crippen molar-refractivity contribution >= 4 is 30.1 Å². The molecule has 1 atom stereocenters. The molecule has 1 heterocycles. The number of hydrogen-bond acceptors (Lipinski definition) is 4. The minimum absolute atomic E-state index is 0. The summed E-state index contributed by atoms with van der Waals surface area (Å²) in [7, 11) is 1.68. The van der Waals surface area contributed by atoms with Gasteiger partial charge in [0.05, 0.1) is 12.6 Å². The van der Waals surface area contributed by atoms with Crippen LogP contribution in [0.15, 0.2) is 24.3 Å². The summed E-state index contributed by atoms with van der Waals surface area (Å²) in [5.41, 5.74) is 2.23. The Hall–Kier alpha value is -0.750. The van der Waals surface area contributed by atoms with Crippen LogP contribution in [0.25, 0.3) is 0 Å². The van der Waals surface area contributed by atoms with Crippen molar-refractivity contribution in [2.45, 2.75) is 19.2 Å². The Balaban J connectivity index is 0.00000180. The SMILES string of the molecule is COCc1ccccc1CNC(=O)C1CSCN1.Cl. The average Bonchev–Trinajstić information content (AvgIpc) is 2.92. The van der Waals surface area contributed by atoms with Crippen molar-refractivity contribution in [1.29, 1.82) is 0 Å². The summed E-state index contributed by atoms with van der Waals surface area (Å²) in [4.78, 5) is 11.9. The average molecular weight is 303 g/mol. The highest BCUT2D eigenvalue weighted by molar-refractivity contribution is 7.99. The molecule has 0 radical (unpaired) electrons. The van der Waals surface area contributed by atoms with Gasteiger partial charge in [0.1, 0.15) is 0 Å². The summed E-state index contributed by atoms with van der Waals surface area (Å²) < 4.78 is 5.15. The van der Waals surface area contributed by atoms with Crippen molar-refractivity contribution in [3.8, 4) is 0 Å². The maximum Gasteiger partial charge on any atom is 0.238 e. The summed E-state index contributed by atoms with van der Waals surface area (Å²) >= 11 is 1.75. The molecule has 1 aliphatic rings. The van der Waals surface area contributed by atoms with Gasteiger partial charge >= 0.3 is 0 Å². The number of halogens is 1. The van der Waals surface area contributed by atoms with E-state index >= 15 is 0 Å². The van der Waals surface area contributed by atoms with Crippen LogP contribution in [-0.4, -0.2) is 30.7 Å². The number of carbonyl (C=O) groups excluding carboxylic acids is 1. The first-order valence-corrected chi connectivity index (χ1v) is 7.11. The molecule has 4 nitrogen and oxygen atoms in total. The van der Waals surface area contributed by atoms with Gasteiger partial charge in [0.2, 0.25) is 5.91 Å². The van der Waals surface area contributed by atoms with Crippen molar-refractivity contribution in [2.24, 2.45) is 0 Å². The predicted molar refractivity (Wildman–Crippen MR) is 80.5 cm³/mol. The van der Waals surface area contributed by atoms with E-state index in [0.717, 1.165) is 22.8 Å². The van der Waals surface area contributed by atoms with Gasteiger partial charge in [0.15, 0.2) is 0 Å². The van der Waals surface area contributed by atoms with Crippen molar-refractivity contribution in [3.05, 3.63) is 35.4 Å². The molecule has 19 heavy (non-hydrogen) atoms. The molecule has 1 aliphatic heterocycles. The van der Waals surface area contributed by atoms with Gasteiger partial charge < -0.3 is 10.1 Å². The molecule has 0 bridgehead atoms. The van der Waals surface area contributed by atoms with Crippen molar-refractivity contribution in [2.75, 3.05) is 18.7 Å².